The molecule has 1 saturated carbocycles. The molecular weight excluding hydrogens is 210 g/mol. The lowest BCUT2D eigenvalue weighted by molar-refractivity contribution is 0.501. The summed E-state index contributed by atoms with van der Waals surface area (Å²) in [5, 5.41) is 0. The topological polar surface area (TPSA) is 29.3 Å². The number of rotatable bonds is 3. The van der Waals surface area contributed by atoms with Crippen LogP contribution in [0.1, 0.15) is 19.8 Å². The Morgan fingerprint density at radius 3 is 2.56 bits per heavy atom. The second-order valence-corrected chi connectivity index (χ2v) is 4.49. The largest absolute Gasteiger partial charge is 0.397 e. The molecule has 2 nitrogen and oxygen atoms in total. The number of halogens is 2. The molecule has 0 amide bonds. The van der Waals surface area contributed by atoms with Crippen LogP contribution in [-0.2, 0) is 0 Å². The fourth-order valence-corrected chi connectivity index (χ4v) is 2.01. The Morgan fingerprint density at radius 2 is 2.00 bits per heavy atom. The van der Waals surface area contributed by atoms with Crippen LogP contribution in [0.3, 0.4) is 0 Å². The van der Waals surface area contributed by atoms with E-state index in [4.69, 9.17) is 5.73 Å². The van der Waals surface area contributed by atoms with E-state index < -0.39 is 11.6 Å². The van der Waals surface area contributed by atoms with Gasteiger partial charge in [0.2, 0.25) is 0 Å². The summed E-state index contributed by atoms with van der Waals surface area (Å²) in [5.74, 6) is -1.12. The maximum Gasteiger partial charge on any atom is 0.184 e. The first-order chi connectivity index (χ1) is 7.52. The molecule has 2 N–H and O–H groups in total. The van der Waals surface area contributed by atoms with Crippen LogP contribution in [0.4, 0.5) is 20.2 Å². The number of nitrogens with two attached hydrogens (primary N) is 1. The van der Waals surface area contributed by atoms with E-state index in [1.807, 2.05) is 6.92 Å². The summed E-state index contributed by atoms with van der Waals surface area (Å²) in [6, 6.07) is 2.66. The third-order valence-corrected chi connectivity index (χ3v) is 3.37. The lowest BCUT2D eigenvalue weighted by atomic mass is 10.1. The van der Waals surface area contributed by atoms with Gasteiger partial charge < -0.3 is 10.6 Å². The molecule has 0 radical (unpaired) electrons. The fraction of sp³-hybridized carbons (Fsp3) is 0.500. The van der Waals surface area contributed by atoms with E-state index in [1.54, 1.807) is 11.9 Å². The molecular formula is C12H16F2N2. The summed E-state index contributed by atoms with van der Waals surface area (Å²) in [5.41, 5.74) is 6.17. The van der Waals surface area contributed by atoms with E-state index in [1.165, 1.54) is 6.07 Å². The summed E-state index contributed by atoms with van der Waals surface area (Å²) in [6.45, 7) is 2.02. The Kier molecular flexibility index (Phi) is 2.74. The zero-order valence-corrected chi connectivity index (χ0v) is 9.50. The van der Waals surface area contributed by atoms with Crippen LogP contribution < -0.4 is 10.6 Å². The fourth-order valence-electron chi connectivity index (χ4n) is 2.01. The average Bonchev–Trinajstić information content (AvgIpc) is 3.06. The third-order valence-electron chi connectivity index (χ3n) is 3.37. The maximum absolute atomic E-state index is 13.7. The summed E-state index contributed by atoms with van der Waals surface area (Å²) in [4.78, 5) is 1.74. The Morgan fingerprint density at radius 1 is 1.38 bits per heavy atom. The lowest BCUT2D eigenvalue weighted by Gasteiger charge is -2.28. The van der Waals surface area contributed by atoms with Crippen molar-refractivity contribution in [2.75, 3.05) is 17.7 Å². The van der Waals surface area contributed by atoms with Gasteiger partial charge in [0.15, 0.2) is 11.6 Å². The van der Waals surface area contributed by atoms with E-state index in [2.05, 4.69) is 0 Å². The molecule has 0 aliphatic heterocycles. The minimum Gasteiger partial charge on any atom is -0.397 e. The van der Waals surface area contributed by atoms with Gasteiger partial charge in [0, 0.05) is 13.1 Å². The van der Waals surface area contributed by atoms with Crippen LogP contribution in [0.2, 0.25) is 0 Å². The normalized spacial score (nSPS) is 17.2. The van der Waals surface area contributed by atoms with Crippen molar-refractivity contribution in [1.29, 1.82) is 0 Å². The quantitative estimate of drug-likeness (QED) is 0.803. The molecule has 1 fully saturated rings. The molecule has 1 aromatic carbocycles. The first kappa shape index (κ1) is 11.2. The standard InChI is InChI=1S/C12H16F2N2/c1-7(8-3-4-8)16(2)12-10(15)6-5-9(13)11(12)14/h5-8H,3-4,15H2,1-2H3. The van der Waals surface area contributed by atoms with Gasteiger partial charge in [-0.05, 0) is 37.8 Å². The Labute approximate surface area is 94.0 Å². The molecule has 0 bridgehead atoms. The highest BCUT2D eigenvalue weighted by molar-refractivity contribution is 5.68. The summed E-state index contributed by atoms with van der Waals surface area (Å²) >= 11 is 0. The zero-order chi connectivity index (χ0) is 11.9. The molecule has 4 heteroatoms. The highest BCUT2D eigenvalue weighted by atomic mass is 19.2. The number of nitrogens with zero attached hydrogens (tertiary/aromatic N) is 1. The Hall–Kier alpha value is -1.32. The van der Waals surface area contributed by atoms with Crippen molar-refractivity contribution in [3.8, 4) is 0 Å². The van der Waals surface area contributed by atoms with Crippen molar-refractivity contribution in [1.82, 2.24) is 0 Å². The van der Waals surface area contributed by atoms with Crippen LogP contribution in [0, 0.1) is 17.6 Å². The Balaban J connectivity index is 2.34. The first-order valence-corrected chi connectivity index (χ1v) is 5.48. The van der Waals surface area contributed by atoms with E-state index in [9.17, 15) is 8.78 Å². The molecule has 1 atom stereocenters. The molecule has 2 rings (SSSR count). The van der Waals surface area contributed by atoms with Gasteiger partial charge >= 0.3 is 0 Å². The van der Waals surface area contributed by atoms with Gasteiger partial charge in [0.05, 0.1) is 11.4 Å². The number of anilines is 2. The van der Waals surface area contributed by atoms with Gasteiger partial charge in [-0.3, -0.25) is 0 Å². The molecule has 1 aliphatic carbocycles. The molecule has 0 saturated heterocycles. The van der Waals surface area contributed by atoms with Gasteiger partial charge in [-0.2, -0.15) is 0 Å². The minimum atomic E-state index is -0.852. The number of hydrogen-bond acceptors (Lipinski definition) is 2. The van der Waals surface area contributed by atoms with Gasteiger partial charge in [-0.25, -0.2) is 8.78 Å². The zero-order valence-electron chi connectivity index (χ0n) is 9.50. The van der Waals surface area contributed by atoms with Crippen molar-refractivity contribution >= 4 is 11.4 Å². The van der Waals surface area contributed by atoms with Gasteiger partial charge in [0.1, 0.15) is 0 Å². The van der Waals surface area contributed by atoms with Crippen molar-refractivity contribution in [2.24, 2.45) is 5.92 Å². The van der Waals surface area contributed by atoms with Gasteiger partial charge in [0.25, 0.3) is 0 Å². The van der Waals surface area contributed by atoms with Crippen LogP contribution >= 0.6 is 0 Å². The van der Waals surface area contributed by atoms with Crippen molar-refractivity contribution in [2.45, 2.75) is 25.8 Å². The third kappa shape index (κ3) is 1.84. The SMILES string of the molecule is CC(C1CC1)N(C)c1c(N)ccc(F)c1F. The molecule has 1 unspecified atom stereocenters. The van der Waals surface area contributed by atoms with Crippen molar-refractivity contribution < 1.29 is 8.78 Å². The second-order valence-electron chi connectivity index (χ2n) is 4.49. The average molecular weight is 226 g/mol. The van der Waals surface area contributed by atoms with Crippen LogP contribution in [0.25, 0.3) is 0 Å². The summed E-state index contributed by atoms with van der Waals surface area (Å²) < 4.78 is 26.8. The highest BCUT2D eigenvalue weighted by Crippen LogP contribution is 2.38. The summed E-state index contributed by atoms with van der Waals surface area (Å²) in [6.07, 6.45) is 2.31. The minimum absolute atomic E-state index is 0.180. The number of hydrogen-bond donors (Lipinski definition) is 1. The number of nitrogen functional groups attached to an aromatic ring is 1. The van der Waals surface area contributed by atoms with E-state index in [-0.39, 0.29) is 17.4 Å². The van der Waals surface area contributed by atoms with Crippen molar-refractivity contribution in [3.05, 3.63) is 23.8 Å². The lowest BCUT2D eigenvalue weighted by Crippen LogP contribution is -2.32. The molecule has 1 aromatic rings. The second kappa shape index (κ2) is 3.92. The molecule has 1 aliphatic rings. The van der Waals surface area contributed by atoms with E-state index in [0.29, 0.717) is 5.92 Å². The molecule has 0 spiro atoms. The van der Waals surface area contributed by atoms with Crippen LogP contribution in [-0.4, -0.2) is 13.1 Å². The maximum atomic E-state index is 13.7. The smallest absolute Gasteiger partial charge is 0.184 e. The molecule has 0 heterocycles. The van der Waals surface area contributed by atoms with Crippen molar-refractivity contribution in [3.63, 3.8) is 0 Å². The summed E-state index contributed by atoms with van der Waals surface area (Å²) in [7, 11) is 1.76. The molecule has 0 aromatic heterocycles. The van der Waals surface area contributed by atoms with Crippen LogP contribution in [0.5, 0.6) is 0 Å². The van der Waals surface area contributed by atoms with E-state index >= 15 is 0 Å². The monoisotopic (exact) mass is 226 g/mol. The highest BCUT2D eigenvalue weighted by Gasteiger charge is 2.32. The predicted molar refractivity (Wildman–Crippen MR) is 61.4 cm³/mol. The van der Waals surface area contributed by atoms with Crippen LogP contribution in [0.15, 0.2) is 12.1 Å². The number of benzene rings is 1. The van der Waals surface area contributed by atoms with Gasteiger partial charge in [-0.1, -0.05) is 0 Å². The Bertz CT molecular complexity index is 402. The van der Waals surface area contributed by atoms with Gasteiger partial charge in [-0.15, -0.1) is 0 Å². The molecule has 16 heavy (non-hydrogen) atoms. The van der Waals surface area contributed by atoms with E-state index in [0.717, 1.165) is 18.9 Å². The predicted octanol–water partition coefficient (Wildman–Crippen LogP) is 2.78. The first-order valence-electron chi connectivity index (χ1n) is 5.48. The molecule has 88 valence electrons.